The highest BCUT2D eigenvalue weighted by Crippen LogP contribution is 1.99. The van der Waals surface area contributed by atoms with Crippen molar-refractivity contribution in [1.82, 2.24) is 5.32 Å². The molecule has 0 saturated carbocycles. The molecule has 1 aromatic rings. The Morgan fingerprint density at radius 1 is 1.24 bits per heavy atom. The Kier molecular flexibility index (Phi) is 7.02. The predicted octanol–water partition coefficient (Wildman–Crippen LogP) is 1.06. The van der Waals surface area contributed by atoms with Crippen LogP contribution in [0, 0.1) is 0 Å². The number of ether oxygens (including phenoxy) is 1. The van der Waals surface area contributed by atoms with Gasteiger partial charge < -0.3 is 15.8 Å². The Morgan fingerprint density at radius 2 is 2.00 bits per heavy atom. The van der Waals surface area contributed by atoms with Crippen molar-refractivity contribution in [3.63, 3.8) is 0 Å². The average Bonchev–Trinajstić information content (AvgIpc) is 2.36. The topological polar surface area (TPSA) is 64.3 Å². The Balaban J connectivity index is 2.04. The molecule has 0 aromatic heterocycles. The second-order valence-corrected chi connectivity index (χ2v) is 3.82. The molecule has 3 N–H and O–H groups in total. The number of amides is 1. The molecular weight excluding hydrogens is 216 g/mol. The molecule has 0 atom stereocenters. The number of carbonyl (C=O) groups is 1. The van der Waals surface area contributed by atoms with E-state index in [0.29, 0.717) is 19.7 Å². The van der Waals surface area contributed by atoms with Crippen molar-refractivity contribution in [2.45, 2.75) is 19.4 Å². The molecule has 0 heterocycles. The number of nitrogens with one attached hydrogen (secondary N) is 1. The third kappa shape index (κ3) is 6.71. The van der Waals surface area contributed by atoms with E-state index in [0.717, 1.165) is 18.4 Å². The van der Waals surface area contributed by atoms with Gasteiger partial charge in [-0.25, -0.2) is 0 Å². The summed E-state index contributed by atoms with van der Waals surface area (Å²) in [5.41, 5.74) is 6.43. The van der Waals surface area contributed by atoms with Gasteiger partial charge in [0.05, 0.1) is 6.61 Å². The number of hydrogen-bond acceptors (Lipinski definition) is 3. The van der Waals surface area contributed by atoms with Crippen molar-refractivity contribution in [2.24, 2.45) is 5.73 Å². The van der Waals surface area contributed by atoms with Crippen LogP contribution in [0.15, 0.2) is 30.3 Å². The maximum atomic E-state index is 11.3. The Morgan fingerprint density at radius 3 is 2.71 bits per heavy atom. The van der Waals surface area contributed by atoms with E-state index in [1.165, 1.54) is 0 Å². The quantitative estimate of drug-likeness (QED) is 0.663. The number of nitrogens with two attached hydrogens (primary N) is 1. The van der Waals surface area contributed by atoms with Crippen molar-refractivity contribution in [2.75, 3.05) is 19.7 Å². The number of rotatable bonds is 8. The highest BCUT2D eigenvalue weighted by atomic mass is 16.5. The van der Waals surface area contributed by atoms with E-state index in [9.17, 15) is 4.79 Å². The summed E-state index contributed by atoms with van der Waals surface area (Å²) >= 11 is 0. The number of benzene rings is 1. The molecule has 1 aromatic carbocycles. The van der Waals surface area contributed by atoms with Gasteiger partial charge in [-0.15, -0.1) is 0 Å². The van der Waals surface area contributed by atoms with Crippen molar-refractivity contribution >= 4 is 5.91 Å². The molecule has 0 spiro atoms. The minimum absolute atomic E-state index is 0.0713. The molecule has 17 heavy (non-hydrogen) atoms. The highest BCUT2D eigenvalue weighted by Gasteiger charge is 2.00. The smallest absolute Gasteiger partial charge is 0.246 e. The number of unbranched alkanes of at least 4 members (excludes halogenated alkanes) is 1. The van der Waals surface area contributed by atoms with E-state index < -0.39 is 0 Å². The third-order valence-corrected chi connectivity index (χ3v) is 2.30. The lowest BCUT2D eigenvalue weighted by atomic mass is 10.2. The van der Waals surface area contributed by atoms with Gasteiger partial charge in [-0.3, -0.25) is 4.79 Å². The molecular formula is C13H20N2O2. The molecule has 0 aliphatic rings. The van der Waals surface area contributed by atoms with Crippen LogP contribution in [0.1, 0.15) is 18.4 Å². The summed E-state index contributed by atoms with van der Waals surface area (Å²) in [6.07, 6.45) is 1.85. The summed E-state index contributed by atoms with van der Waals surface area (Å²) in [5, 5.41) is 2.78. The SMILES string of the molecule is NCCCCNC(=O)COCc1ccccc1. The summed E-state index contributed by atoms with van der Waals surface area (Å²) in [6, 6.07) is 9.79. The molecule has 1 rings (SSSR count). The van der Waals surface area contributed by atoms with Gasteiger partial charge in [-0.05, 0) is 24.9 Å². The van der Waals surface area contributed by atoms with Gasteiger partial charge in [0.15, 0.2) is 0 Å². The van der Waals surface area contributed by atoms with Gasteiger partial charge >= 0.3 is 0 Å². The summed E-state index contributed by atoms with van der Waals surface area (Å²) < 4.78 is 5.30. The van der Waals surface area contributed by atoms with Crippen molar-refractivity contribution in [3.8, 4) is 0 Å². The second-order valence-electron chi connectivity index (χ2n) is 3.82. The van der Waals surface area contributed by atoms with Gasteiger partial charge in [0.1, 0.15) is 6.61 Å². The third-order valence-electron chi connectivity index (χ3n) is 2.30. The van der Waals surface area contributed by atoms with Gasteiger partial charge in [-0.1, -0.05) is 30.3 Å². The Bertz CT molecular complexity index is 314. The summed E-state index contributed by atoms with van der Waals surface area (Å²) in [6.45, 7) is 1.92. The van der Waals surface area contributed by atoms with Crippen LogP contribution >= 0.6 is 0 Å². The molecule has 94 valence electrons. The molecule has 0 saturated heterocycles. The number of carbonyl (C=O) groups excluding carboxylic acids is 1. The van der Waals surface area contributed by atoms with Crippen LogP contribution in [0.3, 0.4) is 0 Å². The van der Waals surface area contributed by atoms with Gasteiger partial charge in [0.25, 0.3) is 0 Å². The van der Waals surface area contributed by atoms with Crippen LogP contribution < -0.4 is 11.1 Å². The van der Waals surface area contributed by atoms with Crippen molar-refractivity contribution in [3.05, 3.63) is 35.9 Å². The fourth-order valence-corrected chi connectivity index (χ4v) is 1.38. The van der Waals surface area contributed by atoms with E-state index in [4.69, 9.17) is 10.5 Å². The normalized spacial score (nSPS) is 10.2. The van der Waals surface area contributed by atoms with Gasteiger partial charge in [0.2, 0.25) is 5.91 Å². The first-order valence-corrected chi connectivity index (χ1v) is 5.91. The van der Waals surface area contributed by atoms with Crippen LogP contribution in [0.4, 0.5) is 0 Å². The molecule has 0 aliphatic carbocycles. The fraction of sp³-hybridized carbons (Fsp3) is 0.462. The lowest BCUT2D eigenvalue weighted by Gasteiger charge is -2.06. The maximum Gasteiger partial charge on any atom is 0.246 e. The Hall–Kier alpha value is -1.39. The predicted molar refractivity (Wildman–Crippen MR) is 67.4 cm³/mol. The van der Waals surface area contributed by atoms with E-state index in [1.54, 1.807) is 0 Å². The lowest BCUT2D eigenvalue weighted by molar-refractivity contribution is -0.126. The molecule has 0 fully saturated rings. The summed E-state index contributed by atoms with van der Waals surface area (Å²) in [7, 11) is 0. The van der Waals surface area contributed by atoms with E-state index >= 15 is 0 Å². The standard InChI is InChI=1S/C13H20N2O2/c14-8-4-5-9-15-13(16)11-17-10-12-6-2-1-3-7-12/h1-3,6-7H,4-5,8-11,14H2,(H,15,16). The zero-order chi connectivity index (χ0) is 12.3. The fourth-order valence-electron chi connectivity index (χ4n) is 1.38. The zero-order valence-corrected chi connectivity index (χ0v) is 10.0. The van der Waals surface area contributed by atoms with Crippen LogP contribution in [0.25, 0.3) is 0 Å². The molecule has 0 radical (unpaired) electrons. The van der Waals surface area contributed by atoms with Crippen LogP contribution in [-0.4, -0.2) is 25.6 Å². The Labute approximate surface area is 102 Å². The number of hydrogen-bond donors (Lipinski definition) is 2. The minimum atomic E-state index is -0.0713. The van der Waals surface area contributed by atoms with Gasteiger partial charge in [0, 0.05) is 6.54 Å². The first-order valence-electron chi connectivity index (χ1n) is 5.91. The van der Waals surface area contributed by atoms with Crippen molar-refractivity contribution in [1.29, 1.82) is 0 Å². The van der Waals surface area contributed by atoms with E-state index in [2.05, 4.69) is 5.32 Å². The molecule has 0 aliphatic heterocycles. The van der Waals surface area contributed by atoms with Crippen LogP contribution in [0.5, 0.6) is 0 Å². The zero-order valence-electron chi connectivity index (χ0n) is 10.0. The monoisotopic (exact) mass is 236 g/mol. The summed E-state index contributed by atoms with van der Waals surface area (Å²) in [4.78, 5) is 11.3. The van der Waals surface area contributed by atoms with E-state index in [-0.39, 0.29) is 12.5 Å². The van der Waals surface area contributed by atoms with Gasteiger partial charge in [-0.2, -0.15) is 0 Å². The second kappa shape index (κ2) is 8.73. The molecule has 4 nitrogen and oxygen atoms in total. The molecule has 4 heteroatoms. The highest BCUT2D eigenvalue weighted by molar-refractivity contribution is 5.77. The first-order chi connectivity index (χ1) is 8.33. The van der Waals surface area contributed by atoms with E-state index in [1.807, 2.05) is 30.3 Å². The van der Waals surface area contributed by atoms with Crippen LogP contribution in [-0.2, 0) is 16.1 Å². The maximum absolute atomic E-state index is 11.3. The minimum Gasteiger partial charge on any atom is -0.367 e. The summed E-state index contributed by atoms with van der Waals surface area (Å²) in [5.74, 6) is -0.0713. The molecule has 0 bridgehead atoms. The lowest BCUT2D eigenvalue weighted by Crippen LogP contribution is -2.28. The van der Waals surface area contributed by atoms with Crippen LogP contribution in [0.2, 0.25) is 0 Å². The molecule has 0 unspecified atom stereocenters. The first kappa shape index (κ1) is 13.7. The molecule has 1 amide bonds. The van der Waals surface area contributed by atoms with Crippen molar-refractivity contribution < 1.29 is 9.53 Å². The average molecular weight is 236 g/mol. The largest absolute Gasteiger partial charge is 0.367 e.